The van der Waals surface area contributed by atoms with Crippen LogP contribution in [0.3, 0.4) is 0 Å². The Morgan fingerprint density at radius 3 is 2.36 bits per heavy atom. The first-order valence-corrected chi connectivity index (χ1v) is 10.0. The minimum atomic E-state index is -3.81. The molecule has 0 aliphatic heterocycles. The van der Waals surface area contributed by atoms with E-state index in [-0.39, 0.29) is 12.1 Å². The summed E-state index contributed by atoms with van der Waals surface area (Å²) in [5.41, 5.74) is 2.14. The van der Waals surface area contributed by atoms with Crippen LogP contribution in [0.2, 0.25) is 0 Å². The minimum Gasteiger partial charge on any atom is -0.497 e. The van der Waals surface area contributed by atoms with Crippen molar-refractivity contribution in [3.8, 4) is 17.0 Å². The van der Waals surface area contributed by atoms with Crippen LogP contribution >= 0.6 is 0 Å². The molecule has 28 heavy (non-hydrogen) atoms. The lowest BCUT2D eigenvalue weighted by atomic mass is 10.1. The van der Waals surface area contributed by atoms with E-state index in [4.69, 9.17) is 4.74 Å². The zero-order valence-electron chi connectivity index (χ0n) is 15.0. The summed E-state index contributed by atoms with van der Waals surface area (Å²) in [5, 5.41) is 0. The predicted octanol–water partition coefficient (Wildman–Crippen LogP) is 3.66. The summed E-state index contributed by atoms with van der Waals surface area (Å²) in [6.45, 7) is -0.00463. The van der Waals surface area contributed by atoms with E-state index < -0.39 is 27.4 Å². The van der Waals surface area contributed by atoms with Gasteiger partial charge in [0.25, 0.3) is 0 Å². The first kappa shape index (κ1) is 19.9. The number of nitrogens with one attached hydrogen (secondary N) is 1. The highest BCUT2D eigenvalue weighted by molar-refractivity contribution is 7.88. The Morgan fingerprint density at radius 2 is 1.71 bits per heavy atom. The van der Waals surface area contributed by atoms with Crippen LogP contribution in [0, 0.1) is 11.6 Å². The molecule has 3 rings (SSSR count). The van der Waals surface area contributed by atoms with Crippen molar-refractivity contribution in [2.45, 2.75) is 12.3 Å². The van der Waals surface area contributed by atoms with Crippen molar-refractivity contribution in [1.82, 2.24) is 9.71 Å². The highest BCUT2D eigenvalue weighted by Gasteiger charge is 2.15. The van der Waals surface area contributed by atoms with Crippen LogP contribution in [0.15, 0.2) is 60.8 Å². The summed E-state index contributed by atoms with van der Waals surface area (Å²) in [6.07, 6.45) is 1.62. The van der Waals surface area contributed by atoms with Crippen molar-refractivity contribution < 1.29 is 21.9 Å². The van der Waals surface area contributed by atoms with Gasteiger partial charge in [-0.15, -0.1) is 0 Å². The molecule has 1 heterocycles. The van der Waals surface area contributed by atoms with Crippen molar-refractivity contribution in [3.63, 3.8) is 0 Å². The number of hydrogen-bond donors (Lipinski definition) is 1. The standard InChI is InChI=1S/C20H18F2N2O3S/c1-27-19-6-4-15(5-7-19)20-16(3-2-8-23-20)12-24-28(25,26)13-14-9-17(21)11-18(22)10-14/h2-11,24H,12-13H2,1H3. The number of pyridine rings is 1. The molecule has 5 nitrogen and oxygen atoms in total. The first-order valence-electron chi connectivity index (χ1n) is 8.37. The fourth-order valence-electron chi connectivity index (χ4n) is 2.74. The fourth-order valence-corrected chi connectivity index (χ4v) is 3.83. The normalized spacial score (nSPS) is 11.4. The van der Waals surface area contributed by atoms with Gasteiger partial charge in [0.2, 0.25) is 10.0 Å². The van der Waals surface area contributed by atoms with Crippen LogP contribution in [-0.4, -0.2) is 20.5 Å². The third-order valence-corrected chi connectivity index (χ3v) is 5.31. The second kappa shape index (κ2) is 8.45. The Morgan fingerprint density at radius 1 is 1.04 bits per heavy atom. The number of sulfonamides is 1. The van der Waals surface area contributed by atoms with Gasteiger partial charge in [-0.1, -0.05) is 6.07 Å². The largest absolute Gasteiger partial charge is 0.497 e. The maximum atomic E-state index is 13.3. The van der Waals surface area contributed by atoms with E-state index in [1.54, 1.807) is 37.6 Å². The lowest BCUT2D eigenvalue weighted by Gasteiger charge is -2.11. The number of methoxy groups -OCH3 is 1. The van der Waals surface area contributed by atoms with Crippen molar-refractivity contribution >= 4 is 10.0 Å². The number of hydrogen-bond acceptors (Lipinski definition) is 4. The molecule has 0 aliphatic rings. The van der Waals surface area contributed by atoms with Crippen LogP contribution in [0.25, 0.3) is 11.3 Å². The van der Waals surface area contributed by atoms with E-state index >= 15 is 0 Å². The Labute approximate surface area is 162 Å². The summed E-state index contributed by atoms with van der Waals surface area (Å²) < 4.78 is 58.8. The molecule has 0 atom stereocenters. The maximum absolute atomic E-state index is 13.3. The summed E-state index contributed by atoms with van der Waals surface area (Å²) in [6, 6.07) is 13.4. The zero-order chi connectivity index (χ0) is 20.1. The average molecular weight is 404 g/mol. The maximum Gasteiger partial charge on any atom is 0.216 e. The smallest absolute Gasteiger partial charge is 0.216 e. The topological polar surface area (TPSA) is 68.3 Å². The predicted molar refractivity (Wildman–Crippen MR) is 102 cm³/mol. The third-order valence-electron chi connectivity index (χ3n) is 4.02. The molecule has 1 aromatic heterocycles. The summed E-state index contributed by atoms with van der Waals surface area (Å²) in [4.78, 5) is 4.34. The SMILES string of the molecule is COc1ccc(-c2ncccc2CNS(=O)(=O)Cc2cc(F)cc(F)c2)cc1. The van der Waals surface area contributed by atoms with Crippen molar-refractivity contribution in [2.75, 3.05) is 7.11 Å². The lowest BCUT2D eigenvalue weighted by molar-refractivity contribution is 0.415. The van der Waals surface area contributed by atoms with Gasteiger partial charge in [0.1, 0.15) is 17.4 Å². The molecule has 0 saturated heterocycles. The van der Waals surface area contributed by atoms with Gasteiger partial charge in [-0.3, -0.25) is 4.98 Å². The highest BCUT2D eigenvalue weighted by atomic mass is 32.2. The molecule has 146 valence electrons. The quantitative estimate of drug-likeness (QED) is 0.653. The summed E-state index contributed by atoms with van der Waals surface area (Å²) >= 11 is 0. The second-order valence-electron chi connectivity index (χ2n) is 6.10. The van der Waals surface area contributed by atoms with Crippen molar-refractivity contribution in [2.24, 2.45) is 0 Å². The van der Waals surface area contributed by atoms with Gasteiger partial charge < -0.3 is 4.74 Å². The molecule has 0 unspecified atom stereocenters. The Hall–Kier alpha value is -2.84. The molecule has 0 fully saturated rings. The van der Waals surface area contributed by atoms with Crippen molar-refractivity contribution in [1.29, 1.82) is 0 Å². The highest BCUT2D eigenvalue weighted by Crippen LogP contribution is 2.24. The molecule has 2 aromatic carbocycles. The molecule has 0 spiro atoms. The van der Waals surface area contributed by atoms with Gasteiger partial charge in [0.15, 0.2) is 0 Å². The van der Waals surface area contributed by atoms with E-state index in [9.17, 15) is 17.2 Å². The van der Waals surface area contributed by atoms with Gasteiger partial charge in [-0.25, -0.2) is 21.9 Å². The molecule has 1 N–H and O–H groups in total. The molecular formula is C20H18F2N2O3S. The van der Waals surface area contributed by atoms with Gasteiger partial charge in [0, 0.05) is 24.4 Å². The van der Waals surface area contributed by atoms with Crippen LogP contribution in [-0.2, 0) is 22.3 Å². The van der Waals surface area contributed by atoms with Crippen LogP contribution in [0.1, 0.15) is 11.1 Å². The van der Waals surface area contributed by atoms with Crippen LogP contribution in [0.4, 0.5) is 8.78 Å². The van der Waals surface area contributed by atoms with E-state index in [2.05, 4.69) is 9.71 Å². The van der Waals surface area contributed by atoms with Crippen LogP contribution in [0.5, 0.6) is 5.75 Å². The van der Waals surface area contributed by atoms with Gasteiger partial charge in [-0.05, 0) is 53.6 Å². The van der Waals surface area contributed by atoms with E-state index in [1.165, 1.54) is 0 Å². The second-order valence-corrected chi connectivity index (χ2v) is 7.90. The first-order chi connectivity index (χ1) is 13.4. The molecule has 0 amide bonds. The lowest BCUT2D eigenvalue weighted by Crippen LogP contribution is -2.25. The van der Waals surface area contributed by atoms with Gasteiger partial charge in [0.05, 0.1) is 18.6 Å². The molecule has 0 radical (unpaired) electrons. The molecular weight excluding hydrogens is 386 g/mol. The van der Waals surface area contributed by atoms with E-state index in [0.717, 1.165) is 17.7 Å². The van der Waals surface area contributed by atoms with Gasteiger partial charge in [-0.2, -0.15) is 0 Å². The number of rotatable bonds is 7. The van der Waals surface area contributed by atoms with Gasteiger partial charge >= 0.3 is 0 Å². The number of ether oxygens (including phenoxy) is 1. The monoisotopic (exact) mass is 404 g/mol. The van der Waals surface area contributed by atoms with Crippen molar-refractivity contribution in [3.05, 3.63) is 83.6 Å². The Bertz CT molecular complexity index is 1050. The van der Waals surface area contributed by atoms with Crippen LogP contribution < -0.4 is 9.46 Å². The number of nitrogens with zero attached hydrogens (tertiary/aromatic N) is 1. The molecule has 3 aromatic rings. The fraction of sp³-hybridized carbons (Fsp3) is 0.150. The number of benzene rings is 2. The molecule has 0 bridgehead atoms. The Balaban J connectivity index is 1.76. The zero-order valence-corrected chi connectivity index (χ0v) is 15.8. The average Bonchev–Trinajstić information content (AvgIpc) is 2.65. The number of halogens is 2. The molecule has 0 saturated carbocycles. The third kappa shape index (κ3) is 5.11. The number of aromatic nitrogens is 1. The molecule has 8 heteroatoms. The van der Waals surface area contributed by atoms with E-state index in [1.807, 2.05) is 12.1 Å². The molecule has 0 aliphatic carbocycles. The minimum absolute atomic E-state index is 0.00463. The van der Waals surface area contributed by atoms with E-state index in [0.29, 0.717) is 23.1 Å². The summed E-state index contributed by atoms with van der Waals surface area (Å²) in [5.74, 6) is -1.47. The Kier molecular flexibility index (Phi) is 6.01. The summed E-state index contributed by atoms with van der Waals surface area (Å²) in [7, 11) is -2.24.